The molecule has 0 radical (unpaired) electrons. The average Bonchev–Trinajstić information content (AvgIpc) is 3.42. The lowest BCUT2D eigenvalue weighted by molar-refractivity contribution is 0.0793. The van der Waals surface area contributed by atoms with Crippen LogP contribution in [0.3, 0.4) is 0 Å². The van der Waals surface area contributed by atoms with Gasteiger partial charge in [0.25, 0.3) is 11.5 Å². The van der Waals surface area contributed by atoms with Crippen molar-refractivity contribution in [3.63, 3.8) is 0 Å². The Hall–Kier alpha value is -3.58. The Kier molecular flexibility index (Phi) is 6.59. The van der Waals surface area contributed by atoms with E-state index in [2.05, 4.69) is 25.1 Å². The molecule has 7 heteroatoms. The Morgan fingerprint density at radius 2 is 1.80 bits per heavy atom. The standard InChI is InChI=1S/C28H27N3O3S/c1-19-6-5-7-20(16-19)18-35-28-29-25-17-21(26(32)30-14-3-4-15-30)8-13-24(25)27(33)31(28)22-9-11-23(34-2)12-10-22/h5-13,16-17H,3-4,14-15,18H2,1-2H3. The van der Waals surface area contributed by atoms with Gasteiger partial charge in [-0.1, -0.05) is 41.6 Å². The highest BCUT2D eigenvalue weighted by molar-refractivity contribution is 7.98. The number of hydrogen-bond donors (Lipinski definition) is 0. The van der Waals surface area contributed by atoms with Gasteiger partial charge in [-0.15, -0.1) is 0 Å². The maximum absolute atomic E-state index is 13.7. The van der Waals surface area contributed by atoms with Crippen LogP contribution in [0.4, 0.5) is 0 Å². The van der Waals surface area contributed by atoms with E-state index in [4.69, 9.17) is 9.72 Å². The Balaban J connectivity index is 1.59. The highest BCUT2D eigenvalue weighted by Crippen LogP contribution is 2.26. The smallest absolute Gasteiger partial charge is 0.266 e. The summed E-state index contributed by atoms with van der Waals surface area (Å²) >= 11 is 1.51. The van der Waals surface area contributed by atoms with E-state index in [-0.39, 0.29) is 11.5 Å². The van der Waals surface area contributed by atoms with Gasteiger partial charge in [0.05, 0.1) is 23.7 Å². The molecule has 35 heavy (non-hydrogen) atoms. The molecule has 4 aromatic rings. The molecule has 0 N–H and O–H groups in total. The second-order valence-corrected chi connectivity index (χ2v) is 9.68. The van der Waals surface area contributed by atoms with Crippen molar-refractivity contribution in [2.24, 2.45) is 0 Å². The van der Waals surface area contributed by atoms with Gasteiger partial charge in [-0.2, -0.15) is 0 Å². The molecule has 0 saturated carbocycles. The predicted octanol–water partition coefficient (Wildman–Crippen LogP) is 5.23. The monoisotopic (exact) mass is 485 g/mol. The maximum Gasteiger partial charge on any atom is 0.266 e. The molecule has 1 fully saturated rings. The van der Waals surface area contributed by atoms with Crippen LogP contribution in [0.15, 0.2) is 76.7 Å². The molecule has 0 bridgehead atoms. The quantitative estimate of drug-likeness (QED) is 0.276. The lowest BCUT2D eigenvalue weighted by atomic mass is 10.1. The number of thioether (sulfide) groups is 1. The zero-order valence-electron chi connectivity index (χ0n) is 19.9. The van der Waals surface area contributed by atoms with E-state index in [1.165, 1.54) is 17.3 Å². The van der Waals surface area contributed by atoms with Crippen LogP contribution in [-0.4, -0.2) is 40.6 Å². The lowest BCUT2D eigenvalue weighted by Gasteiger charge is -2.16. The van der Waals surface area contributed by atoms with Gasteiger partial charge in [0.15, 0.2) is 5.16 Å². The summed E-state index contributed by atoms with van der Waals surface area (Å²) < 4.78 is 6.93. The highest BCUT2D eigenvalue weighted by Gasteiger charge is 2.21. The third-order valence-corrected chi connectivity index (χ3v) is 7.27. The van der Waals surface area contributed by atoms with E-state index in [9.17, 15) is 9.59 Å². The van der Waals surface area contributed by atoms with E-state index < -0.39 is 0 Å². The average molecular weight is 486 g/mol. The normalized spacial score (nSPS) is 13.4. The molecule has 5 rings (SSSR count). The topological polar surface area (TPSA) is 64.4 Å². The van der Waals surface area contributed by atoms with Crippen molar-refractivity contribution in [2.75, 3.05) is 20.2 Å². The van der Waals surface area contributed by atoms with Crippen molar-refractivity contribution in [3.05, 3.63) is 93.8 Å². The zero-order chi connectivity index (χ0) is 24.4. The van der Waals surface area contributed by atoms with E-state index in [1.807, 2.05) is 35.2 Å². The van der Waals surface area contributed by atoms with Gasteiger partial charge in [0.2, 0.25) is 0 Å². The van der Waals surface area contributed by atoms with Crippen LogP contribution in [0, 0.1) is 6.92 Å². The summed E-state index contributed by atoms with van der Waals surface area (Å²) in [6, 6.07) is 20.9. The van der Waals surface area contributed by atoms with Gasteiger partial charge in [-0.25, -0.2) is 4.98 Å². The Morgan fingerprint density at radius 1 is 1.03 bits per heavy atom. The fourth-order valence-corrected chi connectivity index (χ4v) is 5.36. The van der Waals surface area contributed by atoms with Crippen LogP contribution in [0.25, 0.3) is 16.6 Å². The minimum atomic E-state index is -0.160. The highest BCUT2D eigenvalue weighted by atomic mass is 32.2. The van der Waals surface area contributed by atoms with Crippen LogP contribution < -0.4 is 10.3 Å². The van der Waals surface area contributed by atoms with Gasteiger partial charge in [-0.05, 0) is 67.8 Å². The fraction of sp³-hybridized carbons (Fsp3) is 0.250. The van der Waals surface area contributed by atoms with E-state index >= 15 is 0 Å². The van der Waals surface area contributed by atoms with Crippen molar-refractivity contribution in [2.45, 2.75) is 30.7 Å². The molecule has 3 aromatic carbocycles. The molecule has 1 aliphatic rings. The number of carbonyl (C=O) groups excluding carboxylic acids is 1. The van der Waals surface area contributed by atoms with Gasteiger partial charge in [0.1, 0.15) is 5.75 Å². The Morgan fingerprint density at radius 3 is 2.51 bits per heavy atom. The van der Waals surface area contributed by atoms with Gasteiger partial charge >= 0.3 is 0 Å². The molecule has 1 aromatic heterocycles. The fourth-order valence-electron chi connectivity index (χ4n) is 4.41. The van der Waals surface area contributed by atoms with Gasteiger partial charge < -0.3 is 9.64 Å². The predicted molar refractivity (Wildman–Crippen MR) is 140 cm³/mol. The molecule has 1 amide bonds. The molecule has 6 nitrogen and oxygen atoms in total. The molecule has 1 aliphatic heterocycles. The van der Waals surface area contributed by atoms with Crippen LogP contribution in [-0.2, 0) is 5.75 Å². The summed E-state index contributed by atoms with van der Waals surface area (Å²) in [5.41, 5.74) is 4.01. The molecular weight excluding hydrogens is 458 g/mol. The molecule has 178 valence electrons. The van der Waals surface area contributed by atoms with E-state index in [0.717, 1.165) is 37.2 Å². The number of hydrogen-bond acceptors (Lipinski definition) is 5. The molecule has 0 aliphatic carbocycles. The molecule has 2 heterocycles. The summed E-state index contributed by atoms with van der Waals surface area (Å²) in [5.74, 6) is 1.39. The first-order chi connectivity index (χ1) is 17.0. The summed E-state index contributed by atoms with van der Waals surface area (Å²) in [4.78, 5) is 33.4. The van der Waals surface area contributed by atoms with Crippen molar-refractivity contribution in [1.82, 2.24) is 14.5 Å². The number of benzene rings is 3. The molecule has 0 unspecified atom stereocenters. The number of carbonyl (C=O) groups is 1. The van der Waals surface area contributed by atoms with Crippen molar-refractivity contribution in [1.29, 1.82) is 0 Å². The van der Waals surface area contributed by atoms with E-state index in [0.29, 0.717) is 33.1 Å². The van der Waals surface area contributed by atoms with Gasteiger partial charge in [0, 0.05) is 24.4 Å². The third kappa shape index (κ3) is 4.82. The second-order valence-electron chi connectivity index (χ2n) is 8.74. The number of fused-ring (bicyclic) bond motifs is 1. The Labute approximate surface area is 208 Å². The first-order valence-electron chi connectivity index (χ1n) is 11.7. The number of amides is 1. The van der Waals surface area contributed by atoms with Crippen molar-refractivity contribution < 1.29 is 9.53 Å². The van der Waals surface area contributed by atoms with Crippen molar-refractivity contribution in [3.8, 4) is 11.4 Å². The molecule has 0 spiro atoms. The second kappa shape index (κ2) is 9.96. The van der Waals surface area contributed by atoms with Crippen LogP contribution in [0.1, 0.15) is 34.3 Å². The summed E-state index contributed by atoms with van der Waals surface area (Å²) in [6.45, 7) is 3.62. The first kappa shape index (κ1) is 23.2. The third-order valence-electron chi connectivity index (χ3n) is 6.26. The summed E-state index contributed by atoms with van der Waals surface area (Å²) in [5, 5.41) is 1.07. The number of nitrogens with zero attached hydrogens (tertiary/aromatic N) is 3. The minimum absolute atomic E-state index is 0.000466. The lowest BCUT2D eigenvalue weighted by Crippen LogP contribution is -2.28. The Bertz CT molecular complexity index is 1440. The number of methoxy groups -OCH3 is 1. The molecule has 1 saturated heterocycles. The number of aryl methyl sites for hydroxylation is 1. The number of rotatable bonds is 6. The van der Waals surface area contributed by atoms with Crippen LogP contribution >= 0.6 is 11.8 Å². The molecular formula is C28H27N3O3S. The van der Waals surface area contributed by atoms with Crippen LogP contribution in [0.2, 0.25) is 0 Å². The summed E-state index contributed by atoms with van der Waals surface area (Å²) in [7, 11) is 1.61. The minimum Gasteiger partial charge on any atom is -0.497 e. The number of aromatic nitrogens is 2. The van der Waals surface area contributed by atoms with E-state index in [1.54, 1.807) is 29.9 Å². The molecule has 0 atom stereocenters. The number of ether oxygens (including phenoxy) is 1. The maximum atomic E-state index is 13.7. The largest absolute Gasteiger partial charge is 0.497 e. The van der Waals surface area contributed by atoms with Crippen LogP contribution in [0.5, 0.6) is 5.75 Å². The van der Waals surface area contributed by atoms with Crippen molar-refractivity contribution >= 4 is 28.6 Å². The SMILES string of the molecule is COc1ccc(-n2c(SCc3cccc(C)c3)nc3cc(C(=O)N4CCCC4)ccc3c2=O)cc1. The summed E-state index contributed by atoms with van der Waals surface area (Å²) in [6.07, 6.45) is 2.06. The first-order valence-corrected chi connectivity index (χ1v) is 12.7. The zero-order valence-corrected chi connectivity index (χ0v) is 20.7. The van der Waals surface area contributed by atoms with Gasteiger partial charge in [-0.3, -0.25) is 14.2 Å². The number of likely N-dealkylation sites (tertiary alicyclic amines) is 1.